The number of fused-ring (bicyclic) bond motifs is 1. The first-order valence-electron chi connectivity index (χ1n) is 5.23. The minimum Gasteiger partial charge on any atom is -0.504 e. The molecule has 16 heavy (non-hydrogen) atoms. The normalized spacial score (nSPS) is 16.5. The maximum Gasteiger partial charge on any atom is 0.171 e. The summed E-state index contributed by atoms with van der Waals surface area (Å²) in [5.41, 5.74) is 1.39. The van der Waals surface area contributed by atoms with Crippen molar-refractivity contribution in [3.05, 3.63) is 23.3 Å². The molecule has 1 N–H and O–H groups in total. The molecule has 1 aliphatic rings. The van der Waals surface area contributed by atoms with Crippen LogP contribution in [0.4, 0.5) is 0 Å². The van der Waals surface area contributed by atoms with Crippen LogP contribution in [0.5, 0.6) is 17.2 Å². The highest BCUT2D eigenvalue weighted by atomic mass is 16.5. The van der Waals surface area contributed by atoms with E-state index in [0.29, 0.717) is 5.75 Å². The van der Waals surface area contributed by atoms with E-state index in [0.717, 1.165) is 16.9 Å². The number of phenolic OH excluding ortho intramolecular Hbond substituents is 1. The number of methoxy groups -OCH3 is 1. The zero-order valence-electron chi connectivity index (χ0n) is 10.00. The number of aromatic hydroxyl groups is 1. The van der Waals surface area contributed by atoms with Gasteiger partial charge in [-0.15, -0.1) is 0 Å². The topological polar surface area (TPSA) is 38.7 Å². The van der Waals surface area contributed by atoms with Gasteiger partial charge in [-0.3, -0.25) is 0 Å². The number of aryl methyl sites for hydroxylation is 1. The van der Waals surface area contributed by atoms with E-state index in [4.69, 9.17) is 9.47 Å². The average Bonchev–Trinajstić information content (AvgIpc) is 2.19. The zero-order valence-corrected chi connectivity index (χ0v) is 10.00. The van der Waals surface area contributed by atoms with Crippen molar-refractivity contribution in [3.8, 4) is 17.2 Å². The molecule has 1 aliphatic heterocycles. The lowest BCUT2D eigenvalue weighted by Gasteiger charge is -2.30. The molecule has 3 nitrogen and oxygen atoms in total. The second-order valence-electron chi connectivity index (χ2n) is 4.53. The van der Waals surface area contributed by atoms with Gasteiger partial charge in [0.2, 0.25) is 0 Å². The fourth-order valence-corrected chi connectivity index (χ4v) is 1.87. The second kappa shape index (κ2) is 3.44. The smallest absolute Gasteiger partial charge is 0.171 e. The summed E-state index contributed by atoms with van der Waals surface area (Å²) in [5.74, 6) is 1.39. The number of hydrogen-bond donors (Lipinski definition) is 1. The molecule has 1 aromatic carbocycles. The van der Waals surface area contributed by atoms with Crippen molar-refractivity contribution in [2.45, 2.75) is 26.4 Å². The SMILES string of the molecule is COc1c(O)cc(C)c2c1C=CC(C)(C)O2. The Kier molecular flexibility index (Phi) is 2.34. The summed E-state index contributed by atoms with van der Waals surface area (Å²) in [6.45, 7) is 5.89. The molecule has 1 heterocycles. The lowest BCUT2D eigenvalue weighted by molar-refractivity contribution is 0.156. The molecule has 0 atom stereocenters. The first-order chi connectivity index (χ1) is 7.44. The van der Waals surface area contributed by atoms with Gasteiger partial charge in [0.1, 0.15) is 11.4 Å². The summed E-state index contributed by atoms with van der Waals surface area (Å²) in [4.78, 5) is 0. The third-order valence-electron chi connectivity index (χ3n) is 2.65. The lowest BCUT2D eigenvalue weighted by atomic mass is 9.99. The Bertz CT molecular complexity index is 459. The Morgan fingerprint density at radius 3 is 2.69 bits per heavy atom. The van der Waals surface area contributed by atoms with Crippen LogP contribution in [0.1, 0.15) is 25.0 Å². The molecule has 0 bridgehead atoms. The highest BCUT2D eigenvalue weighted by Gasteiger charge is 2.26. The van der Waals surface area contributed by atoms with Gasteiger partial charge in [-0.1, -0.05) is 0 Å². The van der Waals surface area contributed by atoms with Crippen molar-refractivity contribution in [2.24, 2.45) is 0 Å². The Labute approximate surface area is 95.3 Å². The van der Waals surface area contributed by atoms with E-state index in [1.165, 1.54) is 7.11 Å². The molecule has 0 fully saturated rings. The highest BCUT2D eigenvalue weighted by molar-refractivity contribution is 5.72. The summed E-state index contributed by atoms with van der Waals surface area (Å²) >= 11 is 0. The maximum absolute atomic E-state index is 9.76. The van der Waals surface area contributed by atoms with E-state index in [9.17, 15) is 5.11 Å². The van der Waals surface area contributed by atoms with Crippen molar-refractivity contribution in [1.29, 1.82) is 0 Å². The number of rotatable bonds is 1. The second-order valence-corrected chi connectivity index (χ2v) is 4.53. The molecular formula is C13H16O3. The van der Waals surface area contributed by atoms with Gasteiger partial charge < -0.3 is 14.6 Å². The third-order valence-corrected chi connectivity index (χ3v) is 2.65. The van der Waals surface area contributed by atoms with Gasteiger partial charge in [0.15, 0.2) is 11.5 Å². The lowest BCUT2D eigenvalue weighted by Crippen LogP contribution is -2.28. The van der Waals surface area contributed by atoms with Gasteiger partial charge >= 0.3 is 0 Å². The van der Waals surface area contributed by atoms with Gasteiger partial charge in [-0.25, -0.2) is 0 Å². The minimum atomic E-state index is -0.320. The minimum absolute atomic E-state index is 0.145. The van der Waals surface area contributed by atoms with Crippen molar-refractivity contribution in [1.82, 2.24) is 0 Å². The van der Waals surface area contributed by atoms with Crippen LogP contribution in [0.2, 0.25) is 0 Å². The van der Waals surface area contributed by atoms with Crippen molar-refractivity contribution >= 4 is 6.08 Å². The predicted octanol–water partition coefficient (Wildman–Crippen LogP) is 2.89. The van der Waals surface area contributed by atoms with Gasteiger partial charge in [0.25, 0.3) is 0 Å². The van der Waals surface area contributed by atoms with E-state index < -0.39 is 0 Å². The van der Waals surface area contributed by atoms with Gasteiger partial charge in [0.05, 0.1) is 12.7 Å². The van der Waals surface area contributed by atoms with E-state index >= 15 is 0 Å². The third kappa shape index (κ3) is 1.62. The molecule has 0 unspecified atom stereocenters. The van der Waals surface area contributed by atoms with Crippen LogP contribution in [-0.2, 0) is 0 Å². The molecule has 0 spiro atoms. The van der Waals surface area contributed by atoms with Crippen molar-refractivity contribution in [3.63, 3.8) is 0 Å². The van der Waals surface area contributed by atoms with Crippen LogP contribution in [0.3, 0.4) is 0 Å². The van der Waals surface area contributed by atoms with E-state index in [-0.39, 0.29) is 11.4 Å². The Morgan fingerprint density at radius 1 is 1.38 bits per heavy atom. The highest BCUT2D eigenvalue weighted by Crippen LogP contribution is 2.44. The molecule has 1 aromatic rings. The number of benzene rings is 1. The standard InChI is InChI=1S/C13H16O3/c1-8-7-10(14)12(15-4)9-5-6-13(2,3)16-11(8)9/h5-7,14H,1-4H3. The number of hydrogen-bond acceptors (Lipinski definition) is 3. The molecule has 0 aliphatic carbocycles. The van der Waals surface area contributed by atoms with Crippen LogP contribution in [-0.4, -0.2) is 17.8 Å². The Morgan fingerprint density at radius 2 is 2.06 bits per heavy atom. The number of ether oxygens (including phenoxy) is 2. The van der Waals surface area contributed by atoms with Gasteiger partial charge in [-0.2, -0.15) is 0 Å². The molecule has 0 amide bonds. The van der Waals surface area contributed by atoms with Gasteiger partial charge in [0, 0.05) is 0 Å². The monoisotopic (exact) mass is 220 g/mol. The van der Waals surface area contributed by atoms with E-state index in [1.807, 2.05) is 32.9 Å². The molecule has 0 aromatic heterocycles. The first-order valence-corrected chi connectivity index (χ1v) is 5.23. The molecule has 2 rings (SSSR count). The van der Waals surface area contributed by atoms with Crippen LogP contribution < -0.4 is 9.47 Å². The molecule has 0 saturated heterocycles. The molecule has 86 valence electrons. The molecule has 0 saturated carbocycles. The number of phenols is 1. The summed E-state index contributed by atoms with van der Waals surface area (Å²) in [7, 11) is 1.54. The molecule has 0 radical (unpaired) electrons. The molecule has 3 heteroatoms. The Hall–Kier alpha value is -1.64. The van der Waals surface area contributed by atoms with Crippen LogP contribution >= 0.6 is 0 Å². The van der Waals surface area contributed by atoms with E-state index in [1.54, 1.807) is 6.07 Å². The van der Waals surface area contributed by atoms with Gasteiger partial charge in [-0.05, 0) is 44.6 Å². The Balaban J connectivity index is 2.65. The molecular weight excluding hydrogens is 204 g/mol. The fraction of sp³-hybridized carbons (Fsp3) is 0.385. The van der Waals surface area contributed by atoms with E-state index in [2.05, 4.69) is 0 Å². The largest absolute Gasteiger partial charge is 0.504 e. The maximum atomic E-state index is 9.76. The summed E-state index contributed by atoms with van der Waals surface area (Å²) < 4.78 is 11.1. The van der Waals surface area contributed by atoms with Crippen LogP contribution in [0.25, 0.3) is 6.08 Å². The average molecular weight is 220 g/mol. The van der Waals surface area contributed by atoms with Crippen molar-refractivity contribution < 1.29 is 14.6 Å². The zero-order chi connectivity index (χ0) is 11.9. The summed E-state index contributed by atoms with van der Waals surface area (Å²) in [5, 5.41) is 9.76. The predicted molar refractivity (Wildman–Crippen MR) is 63.1 cm³/mol. The van der Waals surface area contributed by atoms with Crippen LogP contribution in [0.15, 0.2) is 12.1 Å². The fourth-order valence-electron chi connectivity index (χ4n) is 1.87. The summed E-state index contributed by atoms with van der Waals surface area (Å²) in [6, 6.07) is 1.66. The quantitative estimate of drug-likeness (QED) is 0.790. The van der Waals surface area contributed by atoms with Crippen molar-refractivity contribution in [2.75, 3.05) is 7.11 Å². The summed E-state index contributed by atoms with van der Waals surface area (Å²) in [6.07, 6.45) is 3.89. The first kappa shape index (κ1) is 10.9. The van der Waals surface area contributed by atoms with Crippen LogP contribution in [0, 0.1) is 6.92 Å².